The third kappa shape index (κ3) is 1.75. The second-order valence-corrected chi connectivity index (χ2v) is 6.55. The fourth-order valence-corrected chi connectivity index (χ4v) is 3.36. The summed E-state index contributed by atoms with van der Waals surface area (Å²) in [5, 5.41) is 7.92. The summed E-state index contributed by atoms with van der Waals surface area (Å²) < 4.78 is 24.1. The fraction of sp³-hybridized carbons (Fsp3) is 1.00. The van der Waals surface area contributed by atoms with Gasteiger partial charge in [-0.1, -0.05) is 19.1 Å². The summed E-state index contributed by atoms with van der Waals surface area (Å²) in [4.78, 5) is 0. The van der Waals surface area contributed by atoms with Crippen molar-refractivity contribution in [2.24, 2.45) is 22.2 Å². The van der Waals surface area contributed by atoms with E-state index in [2.05, 4.69) is 24.2 Å². The molecular formula is C9H17N3O2S. The van der Waals surface area contributed by atoms with Gasteiger partial charge in [-0.2, -0.15) is 9.53 Å². The minimum absolute atomic E-state index is 0.0359. The number of fused-ring (bicyclic) bond motifs is 1. The zero-order chi connectivity index (χ0) is 11.2. The van der Waals surface area contributed by atoms with Crippen LogP contribution in [0.4, 0.5) is 0 Å². The maximum Gasteiger partial charge on any atom is 0.248 e. The van der Waals surface area contributed by atoms with Crippen LogP contribution in [0.25, 0.3) is 0 Å². The molecule has 0 spiro atoms. The average Bonchev–Trinajstić information content (AvgIpc) is 2.54. The quantitative estimate of drug-likeness (QED) is 0.685. The molecular weight excluding hydrogens is 214 g/mol. The molecule has 1 aliphatic heterocycles. The van der Waals surface area contributed by atoms with Gasteiger partial charge in [0.05, 0.1) is 18.3 Å². The summed E-state index contributed by atoms with van der Waals surface area (Å²) in [5.74, 6) is 1.02. The van der Waals surface area contributed by atoms with Crippen molar-refractivity contribution in [3.05, 3.63) is 0 Å². The van der Waals surface area contributed by atoms with Crippen LogP contribution in [-0.4, -0.2) is 31.2 Å². The predicted octanol–water partition coefficient (Wildman–Crippen LogP) is 1.43. The molecule has 1 heterocycles. The molecule has 6 heteroatoms. The highest BCUT2D eigenvalue weighted by Gasteiger charge is 2.44. The Morgan fingerprint density at radius 2 is 1.93 bits per heavy atom. The van der Waals surface area contributed by atoms with Gasteiger partial charge in [-0.3, -0.25) is 0 Å². The van der Waals surface area contributed by atoms with E-state index in [1.807, 2.05) is 0 Å². The molecule has 0 saturated heterocycles. The maximum absolute atomic E-state index is 11.4. The lowest BCUT2D eigenvalue weighted by Gasteiger charge is -2.35. The molecule has 1 saturated carbocycles. The summed E-state index contributed by atoms with van der Waals surface area (Å²) in [5.41, 5.74) is 0. The van der Waals surface area contributed by atoms with Gasteiger partial charge in [-0.15, -0.1) is 0 Å². The van der Waals surface area contributed by atoms with E-state index in [1.54, 1.807) is 0 Å². The Hall–Kier alpha value is -0.650. The summed E-state index contributed by atoms with van der Waals surface area (Å²) in [7, 11) is -3.24. The molecule has 0 aromatic carbocycles. The molecule has 0 amide bonds. The SMILES string of the molecule is CC1[C@H]2N=NN(S(C)(=O)=O)C2CC[C@H]1C. The van der Waals surface area contributed by atoms with Crippen LogP contribution in [0.2, 0.25) is 0 Å². The molecule has 2 unspecified atom stereocenters. The molecule has 0 aromatic heterocycles. The zero-order valence-electron chi connectivity index (χ0n) is 9.29. The normalized spacial score (nSPS) is 40.6. The molecule has 0 bridgehead atoms. The smallest absolute Gasteiger partial charge is 0.205 e. The molecule has 86 valence electrons. The molecule has 1 fully saturated rings. The lowest BCUT2D eigenvalue weighted by molar-refractivity contribution is 0.179. The van der Waals surface area contributed by atoms with Crippen LogP contribution in [0.15, 0.2) is 10.3 Å². The molecule has 4 atom stereocenters. The Morgan fingerprint density at radius 1 is 1.27 bits per heavy atom. The summed E-state index contributed by atoms with van der Waals surface area (Å²) in [6.45, 7) is 4.33. The Kier molecular flexibility index (Phi) is 2.48. The molecule has 1 aliphatic carbocycles. The second kappa shape index (κ2) is 3.43. The van der Waals surface area contributed by atoms with E-state index in [0.717, 1.165) is 12.8 Å². The molecule has 2 aliphatic rings. The number of nitrogens with zero attached hydrogens (tertiary/aromatic N) is 3. The van der Waals surface area contributed by atoms with Gasteiger partial charge in [-0.25, -0.2) is 8.42 Å². The molecule has 0 aromatic rings. The van der Waals surface area contributed by atoms with E-state index in [9.17, 15) is 8.42 Å². The van der Waals surface area contributed by atoms with Gasteiger partial charge in [0.1, 0.15) is 0 Å². The first-order valence-corrected chi connectivity index (χ1v) is 7.16. The first-order valence-electron chi connectivity index (χ1n) is 5.31. The van der Waals surface area contributed by atoms with Crippen LogP contribution in [0, 0.1) is 11.8 Å². The maximum atomic E-state index is 11.4. The van der Waals surface area contributed by atoms with Crippen molar-refractivity contribution in [1.29, 1.82) is 0 Å². The highest BCUT2D eigenvalue weighted by molar-refractivity contribution is 7.88. The second-order valence-electron chi connectivity index (χ2n) is 4.71. The van der Waals surface area contributed by atoms with Crippen molar-refractivity contribution >= 4 is 10.0 Å². The van der Waals surface area contributed by atoms with Crippen molar-refractivity contribution in [2.45, 2.75) is 38.8 Å². The summed E-state index contributed by atoms with van der Waals surface area (Å²) in [6, 6.07) is 0.0228. The average molecular weight is 231 g/mol. The van der Waals surface area contributed by atoms with E-state index < -0.39 is 10.0 Å². The van der Waals surface area contributed by atoms with Crippen molar-refractivity contribution in [1.82, 2.24) is 4.41 Å². The highest BCUT2D eigenvalue weighted by atomic mass is 32.2. The Labute approximate surface area is 90.6 Å². The topological polar surface area (TPSA) is 62.1 Å². The van der Waals surface area contributed by atoms with Crippen LogP contribution >= 0.6 is 0 Å². The minimum Gasteiger partial charge on any atom is -0.205 e. The highest BCUT2D eigenvalue weighted by Crippen LogP contribution is 2.38. The molecule has 0 N–H and O–H groups in total. The van der Waals surface area contributed by atoms with Gasteiger partial charge >= 0.3 is 0 Å². The van der Waals surface area contributed by atoms with Crippen LogP contribution in [-0.2, 0) is 10.0 Å². The van der Waals surface area contributed by atoms with Crippen LogP contribution in [0.5, 0.6) is 0 Å². The Bertz CT molecular complexity index is 379. The first kappa shape index (κ1) is 10.9. The fourth-order valence-electron chi connectivity index (χ4n) is 2.47. The van der Waals surface area contributed by atoms with Crippen molar-refractivity contribution < 1.29 is 8.42 Å². The van der Waals surface area contributed by atoms with Gasteiger partial charge < -0.3 is 0 Å². The van der Waals surface area contributed by atoms with Crippen molar-refractivity contribution in [2.75, 3.05) is 6.26 Å². The van der Waals surface area contributed by atoms with Gasteiger partial charge in [0.25, 0.3) is 0 Å². The molecule has 15 heavy (non-hydrogen) atoms. The van der Waals surface area contributed by atoms with Gasteiger partial charge in [0.15, 0.2) is 0 Å². The van der Waals surface area contributed by atoms with Gasteiger partial charge in [0, 0.05) is 0 Å². The molecule has 0 radical (unpaired) electrons. The lowest BCUT2D eigenvalue weighted by Crippen LogP contribution is -2.45. The number of hydrogen-bond acceptors (Lipinski definition) is 4. The molecule has 2 rings (SSSR count). The largest absolute Gasteiger partial charge is 0.248 e. The minimum atomic E-state index is -3.24. The number of rotatable bonds is 1. The number of hydrogen-bond donors (Lipinski definition) is 0. The van der Waals surface area contributed by atoms with E-state index in [-0.39, 0.29) is 12.1 Å². The predicted molar refractivity (Wildman–Crippen MR) is 56.7 cm³/mol. The third-order valence-electron chi connectivity index (χ3n) is 3.64. The van der Waals surface area contributed by atoms with Gasteiger partial charge in [-0.05, 0) is 24.7 Å². The van der Waals surface area contributed by atoms with E-state index in [0.29, 0.717) is 11.8 Å². The summed E-state index contributed by atoms with van der Waals surface area (Å²) >= 11 is 0. The summed E-state index contributed by atoms with van der Waals surface area (Å²) in [6.07, 6.45) is 3.12. The van der Waals surface area contributed by atoms with Crippen LogP contribution in [0.1, 0.15) is 26.7 Å². The Balaban J connectivity index is 2.23. The number of sulfonamides is 1. The van der Waals surface area contributed by atoms with E-state index in [4.69, 9.17) is 0 Å². The van der Waals surface area contributed by atoms with Gasteiger partial charge in [0.2, 0.25) is 10.0 Å². The first-order chi connectivity index (χ1) is 6.91. The molecule has 5 nitrogen and oxygen atoms in total. The van der Waals surface area contributed by atoms with E-state index in [1.165, 1.54) is 10.7 Å². The zero-order valence-corrected chi connectivity index (χ0v) is 10.1. The third-order valence-corrected chi connectivity index (χ3v) is 4.67. The van der Waals surface area contributed by atoms with Crippen LogP contribution < -0.4 is 0 Å². The van der Waals surface area contributed by atoms with E-state index >= 15 is 0 Å². The lowest BCUT2D eigenvalue weighted by atomic mass is 9.76. The van der Waals surface area contributed by atoms with Crippen molar-refractivity contribution in [3.63, 3.8) is 0 Å². The van der Waals surface area contributed by atoms with Crippen molar-refractivity contribution in [3.8, 4) is 0 Å². The Morgan fingerprint density at radius 3 is 2.53 bits per heavy atom. The standard InChI is InChI=1S/C9H17N3O2S/c1-6-4-5-8-9(7(6)2)10-11-12(8)15(3,13)14/h6-9H,4-5H2,1-3H3/t6-,7?,8?,9-/m1/s1. The van der Waals surface area contributed by atoms with Crippen LogP contribution in [0.3, 0.4) is 0 Å². The monoisotopic (exact) mass is 231 g/mol.